The van der Waals surface area contributed by atoms with E-state index in [0.717, 1.165) is 5.56 Å². The van der Waals surface area contributed by atoms with Crippen LogP contribution in [0.15, 0.2) is 67.3 Å². The molecule has 0 saturated carbocycles. The van der Waals surface area contributed by atoms with E-state index in [1.807, 2.05) is 30.3 Å². The SMILES string of the molecule is C=CCN1C(=O)COc2ccc(NC(=O)/C=C/c3ccccc3)cc21. The number of nitrogens with zero attached hydrogens (tertiary/aromatic N) is 1. The molecule has 2 aromatic carbocycles. The maximum Gasteiger partial charge on any atom is 0.265 e. The third-order valence-corrected chi connectivity index (χ3v) is 3.71. The number of nitrogens with one attached hydrogen (secondary N) is 1. The third-order valence-electron chi connectivity index (χ3n) is 3.71. The summed E-state index contributed by atoms with van der Waals surface area (Å²) in [7, 11) is 0. The van der Waals surface area contributed by atoms with Crippen LogP contribution in [0, 0.1) is 0 Å². The Labute approximate surface area is 146 Å². The number of hydrogen-bond acceptors (Lipinski definition) is 3. The maximum absolute atomic E-state index is 12.1. The normalized spacial score (nSPS) is 13.3. The highest BCUT2D eigenvalue weighted by atomic mass is 16.5. The van der Waals surface area contributed by atoms with E-state index in [9.17, 15) is 9.59 Å². The van der Waals surface area contributed by atoms with Gasteiger partial charge in [-0.15, -0.1) is 6.58 Å². The van der Waals surface area contributed by atoms with Gasteiger partial charge in [0.1, 0.15) is 5.75 Å². The van der Waals surface area contributed by atoms with E-state index < -0.39 is 0 Å². The topological polar surface area (TPSA) is 58.6 Å². The van der Waals surface area contributed by atoms with Gasteiger partial charge in [0.15, 0.2) is 6.61 Å². The molecule has 1 aliphatic rings. The fourth-order valence-electron chi connectivity index (χ4n) is 2.53. The molecule has 0 unspecified atom stereocenters. The molecule has 5 heteroatoms. The minimum absolute atomic E-state index is 0.00631. The summed E-state index contributed by atoms with van der Waals surface area (Å²) in [4.78, 5) is 25.7. The van der Waals surface area contributed by atoms with Crippen LogP contribution in [0.3, 0.4) is 0 Å². The van der Waals surface area contributed by atoms with E-state index in [0.29, 0.717) is 23.7 Å². The molecule has 0 bridgehead atoms. The number of carbonyl (C=O) groups is 2. The van der Waals surface area contributed by atoms with Gasteiger partial charge in [-0.05, 0) is 29.8 Å². The van der Waals surface area contributed by atoms with Crippen LogP contribution in [0.25, 0.3) is 6.08 Å². The number of amides is 2. The van der Waals surface area contributed by atoms with Crippen LogP contribution in [0.5, 0.6) is 5.75 Å². The van der Waals surface area contributed by atoms with Gasteiger partial charge in [-0.1, -0.05) is 36.4 Å². The van der Waals surface area contributed by atoms with Crippen molar-refractivity contribution in [3.8, 4) is 5.75 Å². The van der Waals surface area contributed by atoms with Crippen molar-refractivity contribution in [2.24, 2.45) is 0 Å². The van der Waals surface area contributed by atoms with Gasteiger partial charge in [0.2, 0.25) is 5.91 Å². The minimum atomic E-state index is -0.248. The first-order chi connectivity index (χ1) is 12.2. The molecular weight excluding hydrogens is 316 g/mol. The Morgan fingerprint density at radius 3 is 2.80 bits per heavy atom. The lowest BCUT2D eigenvalue weighted by Gasteiger charge is -2.28. The number of fused-ring (bicyclic) bond motifs is 1. The Bertz CT molecular complexity index is 828. The van der Waals surface area contributed by atoms with Gasteiger partial charge in [-0.3, -0.25) is 9.59 Å². The molecule has 5 nitrogen and oxygen atoms in total. The Morgan fingerprint density at radius 2 is 2.04 bits per heavy atom. The summed E-state index contributed by atoms with van der Waals surface area (Å²) < 4.78 is 5.43. The average molecular weight is 334 g/mol. The second-order valence-corrected chi connectivity index (χ2v) is 5.50. The van der Waals surface area contributed by atoms with Crippen molar-refractivity contribution in [2.45, 2.75) is 0 Å². The van der Waals surface area contributed by atoms with Crippen molar-refractivity contribution in [2.75, 3.05) is 23.4 Å². The molecule has 25 heavy (non-hydrogen) atoms. The van der Waals surface area contributed by atoms with Crippen LogP contribution < -0.4 is 15.0 Å². The molecule has 0 atom stereocenters. The van der Waals surface area contributed by atoms with Crippen LogP contribution >= 0.6 is 0 Å². The second kappa shape index (κ2) is 7.49. The van der Waals surface area contributed by atoms with Crippen LogP contribution in [-0.2, 0) is 9.59 Å². The third kappa shape index (κ3) is 3.95. The van der Waals surface area contributed by atoms with E-state index >= 15 is 0 Å². The van der Waals surface area contributed by atoms with E-state index in [4.69, 9.17) is 4.74 Å². The second-order valence-electron chi connectivity index (χ2n) is 5.50. The number of carbonyl (C=O) groups excluding carboxylic acids is 2. The van der Waals surface area contributed by atoms with Crippen molar-refractivity contribution in [3.63, 3.8) is 0 Å². The summed E-state index contributed by atoms with van der Waals surface area (Å²) in [5.41, 5.74) is 2.16. The lowest BCUT2D eigenvalue weighted by atomic mass is 10.2. The molecule has 2 aromatic rings. The zero-order valence-corrected chi connectivity index (χ0v) is 13.6. The summed E-state index contributed by atoms with van der Waals surface area (Å²) in [5, 5.41) is 2.79. The fraction of sp³-hybridized carbons (Fsp3) is 0.100. The van der Waals surface area contributed by atoms with E-state index in [2.05, 4.69) is 11.9 Å². The number of anilines is 2. The summed E-state index contributed by atoms with van der Waals surface area (Å²) in [5.74, 6) is 0.223. The number of rotatable bonds is 5. The molecule has 2 amide bonds. The molecule has 0 radical (unpaired) electrons. The van der Waals surface area contributed by atoms with Crippen molar-refractivity contribution in [1.29, 1.82) is 0 Å². The minimum Gasteiger partial charge on any atom is -0.482 e. The standard InChI is InChI=1S/C20H18N2O3/c1-2-12-22-17-13-16(9-10-18(17)25-14-20(22)24)21-19(23)11-8-15-6-4-3-5-7-15/h2-11,13H,1,12,14H2,(H,21,23)/b11-8+. The summed E-state index contributed by atoms with van der Waals surface area (Å²) >= 11 is 0. The predicted molar refractivity (Wildman–Crippen MR) is 98.6 cm³/mol. The summed E-state index contributed by atoms with van der Waals surface area (Å²) in [6.45, 7) is 4.07. The number of hydrogen-bond donors (Lipinski definition) is 1. The van der Waals surface area contributed by atoms with Crippen LogP contribution in [0.1, 0.15) is 5.56 Å². The molecule has 1 N–H and O–H groups in total. The monoisotopic (exact) mass is 334 g/mol. The summed E-state index contributed by atoms with van der Waals surface area (Å²) in [6, 6.07) is 14.8. The molecule has 0 fully saturated rings. The lowest BCUT2D eigenvalue weighted by molar-refractivity contribution is -0.121. The Morgan fingerprint density at radius 1 is 1.24 bits per heavy atom. The molecule has 0 aliphatic carbocycles. The van der Waals surface area contributed by atoms with Crippen molar-refractivity contribution >= 4 is 29.3 Å². The Kier molecular flexibility index (Phi) is 4.95. The quantitative estimate of drug-likeness (QED) is 0.674. The highest BCUT2D eigenvalue weighted by Crippen LogP contribution is 2.34. The highest BCUT2D eigenvalue weighted by Gasteiger charge is 2.24. The zero-order chi connectivity index (χ0) is 17.6. The molecule has 1 heterocycles. The van der Waals surface area contributed by atoms with E-state index in [-0.39, 0.29) is 18.4 Å². The predicted octanol–water partition coefficient (Wildman–Crippen LogP) is 3.25. The highest BCUT2D eigenvalue weighted by molar-refractivity contribution is 6.03. The smallest absolute Gasteiger partial charge is 0.265 e. The van der Waals surface area contributed by atoms with Gasteiger partial charge in [-0.2, -0.15) is 0 Å². The van der Waals surface area contributed by atoms with Gasteiger partial charge in [-0.25, -0.2) is 0 Å². The lowest BCUT2D eigenvalue weighted by Crippen LogP contribution is -2.38. The van der Waals surface area contributed by atoms with Crippen LogP contribution in [0.4, 0.5) is 11.4 Å². The summed E-state index contributed by atoms with van der Waals surface area (Å²) in [6.07, 6.45) is 4.86. The van der Waals surface area contributed by atoms with E-state index in [1.165, 1.54) is 6.08 Å². The Hall–Kier alpha value is -3.34. The van der Waals surface area contributed by atoms with Gasteiger partial charge >= 0.3 is 0 Å². The first-order valence-electron chi connectivity index (χ1n) is 7.89. The molecule has 126 valence electrons. The molecule has 3 rings (SSSR count). The maximum atomic E-state index is 12.1. The molecule has 0 spiro atoms. The number of ether oxygens (including phenoxy) is 1. The van der Waals surface area contributed by atoms with Gasteiger partial charge < -0.3 is 15.0 Å². The van der Waals surface area contributed by atoms with Gasteiger partial charge in [0.25, 0.3) is 5.91 Å². The van der Waals surface area contributed by atoms with Crippen LogP contribution in [-0.4, -0.2) is 25.0 Å². The van der Waals surface area contributed by atoms with Crippen molar-refractivity contribution < 1.29 is 14.3 Å². The zero-order valence-electron chi connectivity index (χ0n) is 13.6. The van der Waals surface area contributed by atoms with Crippen LogP contribution in [0.2, 0.25) is 0 Å². The molecular formula is C20H18N2O3. The van der Waals surface area contributed by atoms with Gasteiger partial charge in [0, 0.05) is 18.3 Å². The number of benzene rings is 2. The fourth-order valence-corrected chi connectivity index (χ4v) is 2.53. The van der Waals surface area contributed by atoms with Crippen molar-refractivity contribution in [3.05, 3.63) is 72.8 Å². The first kappa shape index (κ1) is 16.5. The molecule has 0 aromatic heterocycles. The first-order valence-corrected chi connectivity index (χ1v) is 7.89. The largest absolute Gasteiger partial charge is 0.482 e. The molecule has 0 saturated heterocycles. The van der Waals surface area contributed by atoms with Gasteiger partial charge in [0.05, 0.1) is 5.69 Å². The van der Waals surface area contributed by atoms with E-state index in [1.54, 1.807) is 35.3 Å². The molecule has 1 aliphatic heterocycles. The Balaban J connectivity index is 1.75. The van der Waals surface area contributed by atoms with Crippen molar-refractivity contribution in [1.82, 2.24) is 0 Å². The average Bonchev–Trinajstić information content (AvgIpc) is 2.63.